The zero-order chi connectivity index (χ0) is 24.5. The van der Waals surface area contributed by atoms with Crippen molar-refractivity contribution < 1.29 is 4.79 Å². The molecule has 2 aromatic rings. The molecule has 1 aromatic carbocycles. The molecule has 1 saturated carbocycles. The van der Waals surface area contributed by atoms with Crippen LogP contribution in [0.5, 0.6) is 0 Å². The van der Waals surface area contributed by atoms with Crippen LogP contribution in [0.3, 0.4) is 0 Å². The van der Waals surface area contributed by atoms with E-state index in [4.69, 9.17) is 9.97 Å². The third-order valence-electron chi connectivity index (χ3n) is 5.98. The maximum absolute atomic E-state index is 12.0. The Kier molecular flexibility index (Phi) is 9.02. The lowest BCUT2D eigenvalue weighted by Crippen LogP contribution is -2.33. The monoisotopic (exact) mass is 493 g/mol. The minimum absolute atomic E-state index is 0.112. The minimum atomic E-state index is 0.112. The summed E-state index contributed by atoms with van der Waals surface area (Å²) in [5.74, 6) is 2.57. The van der Waals surface area contributed by atoms with Gasteiger partial charge in [0.1, 0.15) is 17.5 Å². The molecule has 35 heavy (non-hydrogen) atoms. The van der Waals surface area contributed by atoms with E-state index in [-0.39, 0.29) is 11.8 Å². The molecule has 2 heterocycles. The summed E-state index contributed by atoms with van der Waals surface area (Å²) in [4.78, 5) is 25.0. The first-order valence-electron chi connectivity index (χ1n) is 12.3. The molecule has 2 aliphatic rings. The van der Waals surface area contributed by atoms with Crippen LogP contribution in [-0.4, -0.2) is 54.0 Å². The third-order valence-corrected chi connectivity index (χ3v) is 6.86. The molecule has 0 atom stereocenters. The fourth-order valence-electron chi connectivity index (χ4n) is 3.90. The number of carbonyl (C=O) groups is 1. The van der Waals surface area contributed by atoms with E-state index in [2.05, 4.69) is 32.7 Å². The quantitative estimate of drug-likeness (QED) is 0.253. The summed E-state index contributed by atoms with van der Waals surface area (Å²) in [6.07, 6.45) is 9.47. The van der Waals surface area contributed by atoms with Gasteiger partial charge in [-0.1, -0.05) is 19.1 Å². The zero-order valence-corrected chi connectivity index (χ0v) is 21.2. The second kappa shape index (κ2) is 12.6. The summed E-state index contributed by atoms with van der Waals surface area (Å²) < 4.78 is 0. The highest BCUT2D eigenvalue weighted by Crippen LogP contribution is 2.31. The van der Waals surface area contributed by atoms with E-state index in [0.29, 0.717) is 11.0 Å². The Hall–Kier alpha value is -3.04. The van der Waals surface area contributed by atoms with Crippen molar-refractivity contribution in [3.05, 3.63) is 54.9 Å². The Balaban J connectivity index is 1.43. The van der Waals surface area contributed by atoms with Crippen LogP contribution in [0, 0.1) is 5.92 Å². The topological polar surface area (TPSA) is 94.2 Å². The number of anilines is 3. The molecule has 1 aliphatic heterocycles. The van der Waals surface area contributed by atoms with Gasteiger partial charge in [-0.25, -0.2) is 9.97 Å². The molecule has 0 spiro atoms. The normalized spacial score (nSPS) is 16.4. The van der Waals surface area contributed by atoms with Crippen LogP contribution >= 0.6 is 11.8 Å². The lowest BCUT2D eigenvalue weighted by Gasteiger charge is -2.26. The molecule has 2 fully saturated rings. The van der Waals surface area contributed by atoms with Gasteiger partial charge in [0.25, 0.3) is 0 Å². The smallest absolute Gasteiger partial charge is 0.227 e. The largest absolute Gasteiger partial charge is 0.375 e. The fourth-order valence-corrected chi connectivity index (χ4v) is 4.67. The van der Waals surface area contributed by atoms with Gasteiger partial charge in [-0.15, -0.1) is 0 Å². The van der Waals surface area contributed by atoms with Gasteiger partial charge in [0.15, 0.2) is 5.16 Å². The predicted molar refractivity (Wildman–Crippen MR) is 144 cm³/mol. The first-order valence-corrected chi connectivity index (χ1v) is 13.2. The number of allylic oxidation sites excluding steroid dienone is 2. The summed E-state index contributed by atoms with van der Waals surface area (Å²) in [5.41, 5.74) is 0.816. The highest BCUT2D eigenvalue weighted by atomic mass is 32.2. The maximum atomic E-state index is 12.0. The molecule has 1 aliphatic carbocycles. The number of hydrogen-bond acceptors (Lipinski definition) is 8. The summed E-state index contributed by atoms with van der Waals surface area (Å²) in [5, 5.41) is 13.5. The summed E-state index contributed by atoms with van der Waals surface area (Å²) in [6.45, 7) is 7.95. The van der Waals surface area contributed by atoms with Gasteiger partial charge in [0.05, 0.1) is 0 Å². The number of likely N-dealkylation sites (tertiary alicyclic amines) is 1. The van der Waals surface area contributed by atoms with Crippen molar-refractivity contribution in [2.24, 2.45) is 5.92 Å². The van der Waals surface area contributed by atoms with Crippen LogP contribution < -0.4 is 21.3 Å². The Morgan fingerprint density at radius 1 is 1.11 bits per heavy atom. The molecule has 1 saturated heterocycles. The third kappa shape index (κ3) is 8.00. The summed E-state index contributed by atoms with van der Waals surface area (Å²) in [7, 11) is 1.85. The molecule has 0 radical (unpaired) electrons. The average molecular weight is 494 g/mol. The lowest BCUT2D eigenvalue weighted by atomic mass is 10.1. The van der Waals surface area contributed by atoms with Crippen LogP contribution in [0.25, 0.3) is 0 Å². The first kappa shape index (κ1) is 25.1. The van der Waals surface area contributed by atoms with Gasteiger partial charge in [-0.2, -0.15) is 0 Å². The van der Waals surface area contributed by atoms with E-state index < -0.39 is 0 Å². The van der Waals surface area contributed by atoms with Crippen molar-refractivity contribution in [3.8, 4) is 0 Å². The van der Waals surface area contributed by atoms with Crippen LogP contribution in [0.2, 0.25) is 0 Å². The highest BCUT2D eigenvalue weighted by Gasteiger charge is 2.29. The second-order valence-electron chi connectivity index (χ2n) is 8.83. The number of nitrogens with one attached hydrogen (secondary N) is 4. The number of piperidine rings is 1. The molecule has 4 N–H and O–H groups in total. The molecule has 0 unspecified atom stereocenters. The number of carbonyl (C=O) groups excluding carboxylic acids is 1. The van der Waals surface area contributed by atoms with Gasteiger partial charge in [0.2, 0.25) is 5.91 Å². The first-order chi connectivity index (χ1) is 17.1. The van der Waals surface area contributed by atoms with Gasteiger partial charge < -0.3 is 26.2 Å². The molecule has 4 rings (SSSR count). The van der Waals surface area contributed by atoms with Crippen LogP contribution in [0.4, 0.5) is 17.3 Å². The SMILES string of the molecule is C=C/C=C(\NC)Nc1cc(NCCN2CCCCC2)nc(Sc2ccc(NC(=O)C3CC3)cc2)n1. The van der Waals surface area contributed by atoms with E-state index in [1.54, 1.807) is 6.08 Å². The summed E-state index contributed by atoms with van der Waals surface area (Å²) in [6, 6.07) is 9.74. The Morgan fingerprint density at radius 2 is 1.86 bits per heavy atom. The van der Waals surface area contributed by atoms with Crippen LogP contribution in [0.15, 0.2) is 64.9 Å². The van der Waals surface area contributed by atoms with Crippen molar-refractivity contribution in [1.82, 2.24) is 20.2 Å². The molecule has 186 valence electrons. The Morgan fingerprint density at radius 3 is 2.54 bits per heavy atom. The van der Waals surface area contributed by atoms with E-state index in [1.165, 1.54) is 44.1 Å². The van der Waals surface area contributed by atoms with E-state index in [1.807, 2.05) is 43.5 Å². The molecule has 8 nitrogen and oxygen atoms in total. The average Bonchev–Trinajstić information content (AvgIpc) is 3.71. The standard InChI is InChI=1S/C26H35N7OS/c1-3-7-22(27-2)30-24-18-23(28-14-17-33-15-5-4-6-16-33)31-26(32-24)35-21-12-10-20(11-13-21)29-25(34)19-8-9-19/h3,7,10-13,18-19,27H,1,4-6,8-9,14-17H2,2H3,(H,29,34)(H2,28,30,31,32)/b22-7+. The van der Waals surface area contributed by atoms with Crippen molar-refractivity contribution in [2.45, 2.75) is 42.2 Å². The van der Waals surface area contributed by atoms with Crippen LogP contribution in [0.1, 0.15) is 32.1 Å². The van der Waals surface area contributed by atoms with E-state index >= 15 is 0 Å². The molecule has 0 bridgehead atoms. The van der Waals surface area contributed by atoms with E-state index in [0.717, 1.165) is 48.2 Å². The summed E-state index contributed by atoms with van der Waals surface area (Å²) >= 11 is 1.49. The number of rotatable bonds is 12. The van der Waals surface area contributed by atoms with Crippen molar-refractivity contribution >= 4 is 35.0 Å². The molecule has 1 amide bonds. The number of aromatic nitrogens is 2. The van der Waals surface area contributed by atoms with Crippen molar-refractivity contribution in [1.29, 1.82) is 0 Å². The minimum Gasteiger partial charge on any atom is -0.375 e. The molecular formula is C26H35N7OS. The highest BCUT2D eigenvalue weighted by molar-refractivity contribution is 7.99. The van der Waals surface area contributed by atoms with Gasteiger partial charge in [-0.05, 0) is 80.9 Å². The van der Waals surface area contributed by atoms with Gasteiger partial charge >= 0.3 is 0 Å². The number of amides is 1. The van der Waals surface area contributed by atoms with Gasteiger partial charge in [-0.3, -0.25) is 4.79 Å². The number of benzene rings is 1. The zero-order valence-electron chi connectivity index (χ0n) is 20.3. The number of hydrogen-bond donors (Lipinski definition) is 4. The van der Waals surface area contributed by atoms with E-state index in [9.17, 15) is 4.79 Å². The van der Waals surface area contributed by atoms with Crippen molar-refractivity contribution in [3.63, 3.8) is 0 Å². The Bertz CT molecular complexity index is 1030. The maximum Gasteiger partial charge on any atom is 0.227 e. The molecule has 1 aromatic heterocycles. The fraction of sp³-hybridized carbons (Fsp3) is 0.423. The van der Waals surface area contributed by atoms with Crippen molar-refractivity contribution in [2.75, 3.05) is 49.2 Å². The van der Waals surface area contributed by atoms with Gasteiger partial charge in [0, 0.05) is 42.7 Å². The van der Waals surface area contributed by atoms with Crippen LogP contribution in [-0.2, 0) is 4.79 Å². The second-order valence-corrected chi connectivity index (χ2v) is 9.87. The Labute approximate surface area is 212 Å². The molecule has 9 heteroatoms. The lowest BCUT2D eigenvalue weighted by molar-refractivity contribution is -0.117. The number of nitrogens with zero attached hydrogens (tertiary/aromatic N) is 3. The predicted octanol–water partition coefficient (Wildman–Crippen LogP) is 4.53. The molecular weight excluding hydrogens is 458 g/mol.